The van der Waals surface area contributed by atoms with Crippen LogP contribution >= 0.6 is 11.3 Å². The molecule has 2 heterocycles. The molecule has 0 aromatic carbocycles. The number of thiophene rings is 1. The second kappa shape index (κ2) is 8.65. The molecule has 6 nitrogen and oxygen atoms in total. The van der Waals surface area contributed by atoms with Gasteiger partial charge in [0.1, 0.15) is 4.21 Å². The van der Waals surface area contributed by atoms with Gasteiger partial charge in [-0.1, -0.05) is 6.42 Å². The number of nitrogens with zero attached hydrogens (tertiary/aromatic N) is 2. The largest absolute Gasteiger partial charge is 0.357 e. The number of piperidine rings is 1. The lowest BCUT2D eigenvalue weighted by atomic mass is 10.2. The summed E-state index contributed by atoms with van der Waals surface area (Å²) in [6, 6.07) is 3.57. The lowest BCUT2D eigenvalue weighted by Gasteiger charge is -2.25. The number of aliphatic imine (C=N–C) groups is 1. The Labute approximate surface area is 143 Å². The van der Waals surface area contributed by atoms with Crippen LogP contribution in [-0.2, 0) is 16.6 Å². The second-order valence-corrected chi connectivity index (χ2v) is 8.74. The molecule has 0 saturated carbocycles. The van der Waals surface area contributed by atoms with E-state index in [1.54, 1.807) is 10.4 Å². The molecule has 0 amide bonds. The zero-order valence-electron chi connectivity index (χ0n) is 13.8. The molecule has 0 spiro atoms. The summed E-state index contributed by atoms with van der Waals surface area (Å²) < 4.78 is 27.3. The van der Waals surface area contributed by atoms with Gasteiger partial charge < -0.3 is 10.6 Å². The topological polar surface area (TPSA) is 73.8 Å². The van der Waals surface area contributed by atoms with Crippen LogP contribution in [0.4, 0.5) is 0 Å². The van der Waals surface area contributed by atoms with Crippen LogP contribution in [0.25, 0.3) is 0 Å². The summed E-state index contributed by atoms with van der Waals surface area (Å²) in [5.41, 5.74) is 0. The Kier molecular flexibility index (Phi) is 6.86. The third kappa shape index (κ3) is 4.92. The van der Waals surface area contributed by atoms with Crippen molar-refractivity contribution in [3.63, 3.8) is 0 Å². The minimum atomic E-state index is -3.33. The van der Waals surface area contributed by atoms with Crippen LogP contribution in [0, 0.1) is 0 Å². The highest BCUT2D eigenvalue weighted by Crippen LogP contribution is 2.27. The van der Waals surface area contributed by atoms with Gasteiger partial charge >= 0.3 is 0 Å². The van der Waals surface area contributed by atoms with Gasteiger partial charge in [-0.15, -0.1) is 11.3 Å². The summed E-state index contributed by atoms with van der Waals surface area (Å²) in [6.45, 7) is 7.38. The molecular weight excluding hydrogens is 332 g/mol. The third-order valence-electron chi connectivity index (χ3n) is 3.63. The van der Waals surface area contributed by atoms with Gasteiger partial charge in [0.15, 0.2) is 5.96 Å². The zero-order valence-corrected chi connectivity index (χ0v) is 15.5. The van der Waals surface area contributed by atoms with Crippen LogP contribution in [0.3, 0.4) is 0 Å². The number of hydrogen-bond donors (Lipinski definition) is 2. The fraction of sp³-hybridized carbons (Fsp3) is 0.667. The van der Waals surface area contributed by atoms with E-state index in [0.29, 0.717) is 23.8 Å². The van der Waals surface area contributed by atoms with Crippen molar-refractivity contribution in [1.82, 2.24) is 14.9 Å². The van der Waals surface area contributed by atoms with Gasteiger partial charge in [0.25, 0.3) is 10.0 Å². The van der Waals surface area contributed by atoms with Gasteiger partial charge in [-0.05, 0) is 38.8 Å². The van der Waals surface area contributed by atoms with Crippen molar-refractivity contribution in [1.29, 1.82) is 0 Å². The Morgan fingerprint density at radius 3 is 2.43 bits per heavy atom. The van der Waals surface area contributed by atoms with Crippen LogP contribution in [0.2, 0.25) is 0 Å². The Bertz CT molecular complexity index is 611. The summed E-state index contributed by atoms with van der Waals surface area (Å²) in [6.07, 6.45) is 3.03. The normalized spacial score (nSPS) is 16.1. The lowest BCUT2D eigenvalue weighted by molar-refractivity contribution is 0.347. The molecule has 0 radical (unpaired) electrons. The van der Waals surface area contributed by atoms with Crippen LogP contribution in [-0.4, -0.2) is 44.9 Å². The highest BCUT2D eigenvalue weighted by molar-refractivity contribution is 7.91. The fourth-order valence-corrected chi connectivity index (χ4v) is 5.43. The molecule has 2 rings (SSSR count). The van der Waals surface area contributed by atoms with Crippen LogP contribution in [0.15, 0.2) is 21.3 Å². The molecule has 0 bridgehead atoms. The molecule has 1 aromatic rings. The summed E-state index contributed by atoms with van der Waals surface area (Å²) in [4.78, 5) is 5.43. The van der Waals surface area contributed by atoms with Crippen molar-refractivity contribution >= 4 is 27.3 Å². The molecule has 1 saturated heterocycles. The van der Waals surface area contributed by atoms with Gasteiger partial charge in [0.05, 0.1) is 6.54 Å². The molecule has 2 N–H and O–H groups in total. The van der Waals surface area contributed by atoms with Crippen LogP contribution in [0.5, 0.6) is 0 Å². The lowest BCUT2D eigenvalue weighted by Crippen LogP contribution is -2.36. The van der Waals surface area contributed by atoms with E-state index < -0.39 is 10.0 Å². The first-order chi connectivity index (χ1) is 11.1. The third-order valence-corrected chi connectivity index (χ3v) is 7.06. The molecule has 23 heavy (non-hydrogen) atoms. The van der Waals surface area contributed by atoms with Crippen molar-refractivity contribution in [3.8, 4) is 0 Å². The highest BCUT2D eigenvalue weighted by Gasteiger charge is 2.27. The number of hydrogen-bond acceptors (Lipinski definition) is 4. The van der Waals surface area contributed by atoms with Gasteiger partial charge in [0.2, 0.25) is 0 Å². The van der Waals surface area contributed by atoms with E-state index in [0.717, 1.165) is 43.2 Å². The maximum Gasteiger partial charge on any atom is 0.252 e. The predicted octanol–water partition coefficient (Wildman–Crippen LogP) is 2.00. The molecule has 1 aromatic heterocycles. The average molecular weight is 359 g/mol. The number of rotatable bonds is 6. The summed E-state index contributed by atoms with van der Waals surface area (Å²) in [7, 11) is -3.33. The van der Waals surface area contributed by atoms with E-state index in [1.165, 1.54) is 11.3 Å². The first kappa shape index (κ1) is 18.2. The molecule has 130 valence electrons. The van der Waals surface area contributed by atoms with Crippen molar-refractivity contribution in [2.24, 2.45) is 4.99 Å². The Hall–Kier alpha value is -1.12. The standard InChI is InChI=1S/C15H26N4O2S2/c1-3-16-15(17-4-2)18-12-13-8-9-14(22-13)23(20,21)19-10-6-5-7-11-19/h8-9H,3-7,10-12H2,1-2H3,(H2,16,17,18). The molecule has 0 aliphatic carbocycles. The van der Waals surface area contributed by atoms with E-state index in [4.69, 9.17) is 0 Å². The summed E-state index contributed by atoms with van der Waals surface area (Å²) in [5, 5.41) is 6.32. The summed E-state index contributed by atoms with van der Waals surface area (Å²) in [5.74, 6) is 0.754. The maximum atomic E-state index is 12.6. The fourth-order valence-electron chi connectivity index (χ4n) is 2.48. The van der Waals surface area contributed by atoms with E-state index in [9.17, 15) is 8.42 Å². The van der Waals surface area contributed by atoms with E-state index in [-0.39, 0.29) is 0 Å². The van der Waals surface area contributed by atoms with E-state index in [2.05, 4.69) is 15.6 Å². The van der Waals surface area contributed by atoms with Crippen molar-refractivity contribution in [2.45, 2.75) is 43.9 Å². The number of nitrogens with one attached hydrogen (secondary N) is 2. The quantitative estimate of drug-likeness (QED) is 0.602. The Balaban J connectivity index is 2.06. The van der Waals surface area contributed by atoms with E-state index in [1.807, 2.05) is 19.9 Å². The molecule has 1 aliphatic rings. The monoisotopic (exact) mass is 358 g/mol. The minimum absolute atomic E-state index is 0.429. The zero-order chi connectivity index (χ0) is 16.7. The molecule has 1 aliphatic heterocycles. The second-order valence-electron chi connectivity index (χ2n) is 5.41. The number of guanidine groups is 1. The maximum absolute atomic E-state index is 12.6. The van der Waals surface area contributed by atoms with Gasteiger partial charge in [-0.3, -0.25) is 0 Å². The minimum Gasteiger partial charge on any atom is -0.357 e. The SMILES string of the molecule is CCNC(=NCc1ccc(S(=O)(=O)N2CCCCC2)s1)NCC. The first-order valence-corrected chi connectivity index (χ1v) is 10.4. The van der Waals surface area contributed by atoms with E-state index >= 15 is 0 Å². The van der Waals surface area contributed by atoms with Crippen molar-refractivity contribution < 1.29 is 8.42 Å². The smallest absolute Gasteiger partial charge is 0.252 e. The molecule has 1 fully saturated rings. The Morgan fingerprint density at radius 1 is 1.17 bits per heavy atom. The van der Waals surface area contributed by atoms with Gasteiger partial charge in [-0.25, -0.2) is 13.4 Å². The molecule has 8 heteroatoms. The van der Waals surface area contributed by atoms with Gasteiger partial charge in [0, 0.05) is 31.1 Å². The van der Waals surface area contributed by atoms with Crippen molar-refractivity contribution in [2.75, 3.05) is 26.2 Å². The summed E-state index contributed by atoms with van der Waals surface area (Å²) >= 11 is 1.32. The van der Waals surface area contributed by atoms with Crippen molar-refractivity contribution in [3.05, 3.63) is 17.0 Å². The number of sulfonamides is 1. The van der Waals surface area contributed by atoms with Gasteiger partial charge in [-0.2, -0.15) is 4.31 Å². The average Bonchev–Trinajstić information content (AvgIpc) is 3.04. The van der Waals surface area contributed by atoms with Crippen LogP contribution in [0.1, 0.15) is 38.0 Å². The molecule has 0 atom stereocenters. The van der Waals surface area contributed by atoms with Crippen LogP contribution < -0.4 is 10.6 Å². The Morgan fingerprint density at radius 2 is 1.83 bits per heavy atom. The first-order valence-electron chi connectivity index (χ1n) is 8.19. The highest BCUT2D eigenvalue weighted by atomic mass is 32.2. The molecule has 0 unspecified atom stereocenters. The predicted molar refractivity (Wildman–Crippen MR) is 95.4 cm³/mol. The molecular formula is C15H26N4O2S2.